The predicted octanol–water partition coefficient (Wildman–Crippen LogP) is 1.86. The Morgan fingerprint density at radius 2 is 2.17 bits per heavy atom. The molecule has 1 aromatic heterocycles. The van der Waals surface area contributed by atoms with Crippen LogP contribution >= 0.6 is 0 Å². The maximum absolute atomic E-state index is 12.2. The number of anilines is 1. The van der Waals surface area contributed by atoms with Crippen molar-refractivity contribution >= 4 is 22.5 Å². The fourth-order valence-electron chi connectivity index (χ4n) is 2.37. The number of rotatable bonds is 3. The molecule has 94 valence electrons. The van der Waals surface area contributed by atoms with Gasteiger partial charge in [-0.2, -0.15) is 0 Å². The number of amides is 1. The lowest BCUT2D eigenvalue weighted by Gasteiger charge is -2.11. The molecule has 4 nitrogen and oxygen atoms in total. The zero-order valence-corrected chi connectivity index (χ0v) is 10.4. The lowest BCUT2D eigenvalue weighted by atomic mass is 10.1. The zero-order chi connectivity index (χ0) is 12.8. The summed E-state index contributed by atoms with van der Waals surface area (Å²) in [5.74, 6) is 0.0568. The average molecular weight is 243 g/mol. The highest BCUT2D eigenvalue weighted by Crippen LogP contribution is 2.45. The number of aryl methyl sites for hydroxylation is 1. The Bertz CT molecular complexity index is 611. The van der Waals surface area contributed by atoms with Crippen LogP contribution < -0.4 is 11.1 Å². The van der Waals surface area contributed by atoms with Crippen molar-refractivity contribution in [1.29, 1.82) is 0 Å². The van der Waals surface area contributed by atoms with Crippen molar-refractivity contribution in [3.8, 4) is 0 Å². The van der Waals surface area contributed by atoms with Crippen LogP contribution in [0.1, 0.15) is 12.8 Å². The van der Waals surface area contributed by atoms with E-state index >= 15 is 0 Å². The first-order valence-corrected chi connectivity index (χ1v) is 6.22. The molecule has 0 aliphatic heterocycles. The minimum Gasteiger partial charge on any atom is -0.348 e. The fraction of sp³-hybridized carbons (Fsp3) is 0.357. The Morgan fingerprint density at radius 3 is 2.83 bits per heavy atom. The molecule has 0 bridgehead atoms. The van der Waals surface area contributed by atoms with E-state index in [1.807, 2.05) is 42.1 Å². The number of benzene rings is 1. The molecule has 1 amide bonds. The minimum atomic E-state index is -0.309. The molecule has 1 fully saturated rings. The Balaban J connectivity index is 1.94. The second-order valence-corrected chi connectivity index (χ2v) is 5.11. The molecule has 3 N–H and O–H groups in total. The van der Waals surface area contributed by atoms with Gasteiger partial charge in [0.05, 0.1) is 11.1 Å². The van der Waals surface area contributed by atoms with E-state index < -0.39 is 0 Å². The lowest BCUT2D eigenvalue weighted by Crippen LogP contribution is -2.30. The van der Waals surface area contributed by atoms with E-state index in [0.717, 1.165) is 29.4 Å². The van der Waals surface area contributed by atoms with Gasteiger partial charge in [-0.05, 0) is 18.9 Å². The normalized spacial score (nSPS) is 16.8. The van der Waals surface area contributed by atoms with Gasteiger partial charge in [0.15, 0.2) is 0 Å². The van der Waals surface area contributed by atoms with Gasteiger partial charge >= 0.3 is 0 Å². The number of hydrogen-bond donors (Lipinski definition) is 2. The van der Waals surface area contributed by atoms with Crippen LogP contribution in [0.2, 0.25) is 0 Å². The molecule has 1 heterocycles. The third-order valence-corrected chi connectivity index (χ3v) is 3.87. The van der Waals surface area contributed by atoms with Crippen LogP contribution in [-0.4, -0.2) is 17.0 Å². The van der Waals surface area contributed by atoms with E-state index in [2.05, 4.69) is 5.32 Å². The molecule has 4 heteroatoms. The SMILES string of the molecule is Cn1cc(NC(=O)C2(CN)CC2)c2ccccc21. The second kappa shape index (κ2) is 3.85. The summed E-state index contributed by atoms with van der Waals surface area (Å²) in [5.41, 5.74) is 7.36. The van der Waals surface area contributed by atoms with Gasteiger partial charge in [0.2, 0.25) is 5.91 Å². The third kappa shape index (κ3) is 1.61. The van der Waals surface area contributed by atoms with Gasteiger partial charge in [0.25, 0.3) is 0 Å². The molecule has 0 unspecified atom stereocenters. The number of nitrogens with two attached hydrogens (primary N) is 1. The molecular formula is C14H17N3O. The summed E-state index contributed by atoms with van der Waals surface area (Å²) in [7, 11) is 1.98. The second-order valence-electron chi connectivity index (χ2n) is 5.11. The average Bonchev–Trinajstić information content (AvgIpc) is 3.13. The number of carbonyl (C=O) groups excluding carboxylic acids is 1. The Labute approximate surface area is 106 Å². The van der Waals surface area contributed by atoms with Crippen molar-refractivity contribution < 1.29 is 4.79 Å². The van der Waals surface area contributed by atoms with Crippen LogP contribution in [0.15, 0.2) is 30.5 Å². The summed E-state index contributed by atoms with van der Waals surface area (Å²) in [6.45, 7) is 0.434. The molecular weight excluding hydrogens is 226 g/mol. The summed E-state index contributed by atoms with van der Waals surface area (Å²) in [5, 5.41) is 4.09. The summed E-state index contributed by atoms with van der Waals surface area (Å²) in [6, 6.07) is 8.04. The van der Waals surface area contributed by atoms with Crippen molar-refractivity contribution in [1.82, 2.24) is 4.57 Å². The van der Waals surface area contributed by atoms with Gasteiger partial charge in [-0.1, -0.05) is 18.2 Å². The number of nitrogens with zero attached hydrogens (tertiary/aromatic N) is 1. The highest BCUT2D eigenvalue weighted by atomic mass is 16.2. The van der Waals surface area contributed by atoms with Crippen LogP contribution in [0, 0.1) is 5.41 Å². The zero-order valence-electron chi connectivity index (χ0n) is 10.4. The quantitative estimate of drug-likeness (QED) is 0.864. The van der Waals surface area contributed by atoms with Crippen LogP contribution in [0.5, 0.6) is 0 Å². The van der Waals surface area contributed by atoms with Crippen molar-refractivity contribution in [2.45, 2.75) is 12.8 Å². The standard InChI is InChI=1S/C14H17N3O/c1-17-8-11(10-4-2-3-5-12(10)17)16-13(18)14(9-15)6-7-14/h2-5,8H,6-7,9,15H2,1H3,(H,16,18). The molecule has 2 aromatic rings. The van der Waals surface area contributed by atoms with Crippen LogP contribution in [0.4, 0.5) is 5.69 Å². The molecule has 1 aromatic carbocycles. The lowest BCUT2D eigenvalue weighted by molar-refractivity contribution is -0.120. The smallest absolute Gasteiger partial charge is 0.231 e. The monoisotopic (exact) mass is 243 g/mol. The van der Waals surface area contributed by atoms with Gasteiger partial charge in [-0.3, -0.25) is 4.79 Å². The summed E-state index contributed by atoms with van der Waals surface area (Å²) in [4.78, 5) is 12.2. The van der Waals surface area contributed by atoms with Crippen LogP contribution in [-0.2, 0) is 11.8 Å². The van der Waals surface area contributed by atoms with E-state index in [-0.39, 0.29) is 11.3 Å². The predicted molar refractivity (Wildman–Crippen MR) is 72.3 cm³/mol. The molecule has 1 saturated carbocycles. The molecule has 0 spiro atoms. The number of aromatic nitrogens is 1. The molecule has 0 saturated heterocycles. The number of hydrogen-bond acceptors (Lipinski definition) is 2. The van der Waals surface area contributed by atoms with E-state index in [0.29, 0.717) is 6.54 Å². The van der Waals surface area contributed by atoms with Crippen LogP contribution in [0.3, 0.4) is 0 Å². The summed E-state index contributed by atoms with van der Waals surface area (Å²) in [6.07, 6.45) is 3.76. The van der Waals surface area contributed by atoms with E-state index in [1.54, 1.807) is 0 Å². The first-order valence-electron chi connectivity index (χ1n) is 6.22. The van der Waals surface area contributed by atoms with Gasteiger partial charge in [-0.15, -0.1) is 0 Å². The molecule has 18 heavy (non-hydrogen) atoms. The molecule has 3 rings (SSSR count). The maximum Gasteiger partial charge on any atom is 0.231 e. The molecule has 0 radical (unpaired) electrons. The van der Waals surface area contributed by atoms with Gasteiger partial charge < -0.3 is 15.6 Å². The summed E-state index contributed by atoms with van der Waals surface area (Å²) < 4.78 is 2.02. The molecule has 1 aliphatic rings. The first kappa shape index (κ1) is 11.3. The maximum atomic E-state index is 12.2. The fourth-order valence-corrected chi connectivity index (χ4v) is 2.37. The van der Waals surface area contributed by atoms with E-state index in [9.17, 15) is 4.79 Å². The van der Waals surface area contributed by atoms with E-state index in [4.69, 9.17) is 5.73 Å². The highest BCUT2D eigenvalue weighted by molar-refractivity contribution is 6.04. The van der Waals surface area contributed by atoms with E-state index in [1.165, 1.54) is 0 Å². The van der Waals surface area contributed by atoms with Gasteiger partial charge in [0, 0.05) is 30.7 Å². The van der Waals surface area contributed by atoms with Crippen molar-refractivity contribution in [2.75, 3.05) is 11.9 Å². The Kier molecular flexibility index (Phi) is 2.41. The van der Waals surface area contributed by atoms with Crippen molar-refractivity contribution in [3.63, 3.8) is 0 Å². The molecule has 1 aliphatic carbocycles. The van der Waals surface area contributed by atoms with Gasteiger partial charge in [0.1, 0.15) is 0 Å². The topological polar surface area (TPSA) is 60.0 Å². The Morgan fingerprint density at radius 1 is 1.44 bits per heavy atom. The largest absolute Gasteiger partial charge is 0.348 e. The first-order chi connectivity index (χ1) is 8.66. The third-order valence-electron chi connectivity index (χ3n) is 3.87. The number of fused-ring (bicyclic) bond motifs is 1. The minimum absolute atomic E-state index is 0.0568. The van der Waals surface area contributed by atoms with Crippen molar-refractivity contribution in [3.05, 3.63) is 30.5 Å². The summed E-state index contributed by atoms with van der Waals surface area (Å²) >= 11 is 0. The van der Waals surface area contributed by atoms with Crippen LogP contribution in [0.25, 0.3) is 10.9 Å². The number of para-hydroxylation sites is 1. The number of carbonyl (C=O) groups is 1. The molecule has 0 atom stereocenters. The highest BCUT2D eigenvalue weighted by Gasteiger charge is 2.48. The van der Waals surface area contributed by atoms with Gasteiger partial charge in [-0.25, -0.2) is 0 Å². The Hall–Kier alpha value is -1.81. The number of nitrogens with one attached hydrogen (secondary N) is 1. The van der Waals surface area contributed by atoms with Crippen molar-refractivity contribution in [2.24, 2.45) is 18.2 Å².